The maximum atomic E-state index is 12.5. The van der Waals surface area contributed by atoms with Gasteiger partial charge in [-0.15, -0.1) is 0 Å². The Morgan fingerprint density at radius 2 is 1.58 bits per heavy atom. The van der Waals surface area contributed by atoms with Gasteiger partial charge in [-0.05, 0) is 43.2 Å². The number of ether oxygens (including phenoxy) is 2. The molecule has 0 aliphatic rings. The SMILES string of the molecule is COc1cc(-c2c(C(C)(C)O)oc(=O)c3ccccc23)ccc1OCc1ccccc1. The van der Waals surface area contributed by atoms with Crippen molar-refractivity contribution in [2.45, 2.75) is 26.1 Å². The Morgan fingerprint density at radius 1 is 0.903 bits per heavy atom. The fraction of sp³-hybridized carbons (Fsp3) is 0.192. The predicted molar refractivity (Wildman–Crippen MR) is 120 cm³/mol. The lowest BCUT2D eigenvalue weighted by atomic mass is 9.92. The van der Waals surface area contributed by atoms with Crippen LogP contribution < -0.4 is 15.1 Å². The zero-order valence-electron chi connectivity index (χ0n) is 17.7. The molecule has 3 aromatic carbocycles. The summed E-state index contributed by atoms with van der Waals surface area (Å²) in [6.45, 7) is 3.60. The fourth-order valence-electron chi connectivity index (χ4n) is 3.60. The van der Waals surface area contributed by atoms with Gasteiger partial charge >= 0.3 is 5.63 Å². The molecule has 4 aromatic rings. The summed E-state index contributed by atoms with van der Waals surface area (Å²) in [6, 6.07) is 22.6. The van der Waals surface area contributed by atoms with Gasteiger partial charge in [0.05, 0.1) is 12.5 Å². The molecular weight excluding hydrogens is 392 g/mol. The normalized spacial score (nSPS) is 11.5. The Bertz CT molecular complexity index is 1270. The van der Waals surface area contributed by atoms with E-state index in [0.717, 1.165) is 11.1 Å². The highest BCUT2D eigenvalue weighted by Gasteiger charge is 2.27. The van der Waals surface area contributed by atoms with E-state index in [9.17, 15) is 9.90 Å². The van der Waals surface area contributed by atoms with E-state index in [1.165, 1.54) is 0 Å². The summed E-state index contributed by atoms with van der Waals surface area (Å²) in [5.74, 6) is 1.35. The first-order valence-electron chi connectivity index (χ1n) is 10.0. The molecule has 1 aromatic heterocycles. The van der Waals surface area contributed by atoms with Crippen LogP contribution in [0.4, 0.5) is 0 Å². The number of hydrogen-bond donors (Lipinski definition) is 1. The summed E-state index contributed by atoms with van der Waals surface area (Å²) in [4.78, 5) is 12.5. The molecule has 5 nitrogen and oxygen atoms in total. The highest BCUT2D eigenvalue weighted by molar-refractivity contribution is 5.97. The van der Waals surface area contributed by atoms with Crippen molar-refractivity contribution in [2.24, 2.45) is 0 Å². The van der Waals surface area contributed by atoms with Crippen LogP contribution >= 0.6 is 0 Å². The molecule has 1 heterocycles. The third-order valence-corrected chi connectivity index (χ3v) is 5.08. The van der Waals surface area contributed by atoms with Crippen LogP contribution in [0.15, 0.2) is 82.0 Å². The Morgan fingerprint density at radius 3 is 2.26 bits per heavy atom. The summed E-state index contributed by atoms with van der Waals surface area (Å²) in [6.07, 6.45) is 0. The largest absolute Gasteiger partial charge is 0.493 e. The fourth-order valence-corrected chi connectivity index (χ4v) is 3.60. The third-order valence-electron chi connectivity index (χ3n) is 5.08. The van der Waals surface area contributed by atoms with E-state index in [2.05, 4.69) is 0 Å². The van der Waals surface area contributed by atoms with Crippen LogP contribution in [0, 0.1) is 0 Å². The van der Waals surface area contributed by atoms with Crippen LogP contribution in [-0.2, 0) is 12.2 Å². The molecule has 4 rings (SSSR count). The van der Waals surface area contributed by atoms with Crippen molar-refractivity contribution in [3.63, 3.8) is 0 Å². The number of rotatable bonds is 6. The van der Waals surface area contributed by atoms with Crippen LogP contribution in [0.2, 0.25) is 0 Å². The zero-order valence-corrected chi connectivity index (χ0v) is 17.7. The summed E-state index contributed by atoms with van der Waals surface area (Å²) in [7, 11) is 1.58. The van der Waals surface area contributed by atoms with Gasteiger partial charge in [0, 0.05) is 10.9 Å². The van der Waals surface area contributed by atoms with E-state index in [0.29, 0.717) is 34.4 Å². The molecule has 0 aliphatic carbocycles. The molecular formula is C26H24O5. The molecule has 0 amide bonds. The Balaban J connectivity index is 1.83. The first-order valence-corrected chi connectivity index (χ1v) is 10.0. The van der Waals surface area contributed by atoms with Crippen LogP contribution in [0.25, 0.3) is 21.9 Å². The van der Waals surface area contributed by atoms with Gasteiger partial charge in [-0.3, -0.25) is 0 Å². The van der Waals surface area contributed by atoms with E-state index in [-0.39, 0.29) is 5.76 Å². The average molecular weight is 416 g/mol. The monoisotopic (exact) mass is 416 g/mol. The topological polar surface area (TPSA) is 68.9 Å². The first-order chi connectivity index (χ1) is 14.9. The molecule has 0 atom stereocenters. The number of hydrogen-bond acceptors (Lipinski definition) is 5. The molecule has 1 N–H and O–H groups in total. The molecule has 158 valence electrons. The lowest BCUT2D eigenvalue weighted by molar-refractivity contribution is 0.0521. The smallest absolute Gasteiger partial charge is 0.343 e. The lowest BCUT2D eigenvalue weighted by Gasteiger charge is -2.21. The van der Waals surface area contributed by atoms with Gasteiger partial charge in [0.2, 0.25) is 0 Å². The number of methoxy groups -OCH3 is 1. The Hall–Kier alpha value is -3.57. The van der Waals surface area contributed by atoms with E-state index in [1.54, 1.807) is 33.1 Å². The summed E-state index contributed by atoms with van der Waals surface area (Å²) < 4.78 is 17.1. The van der Waals surface area contributed by atoms with Crippen LogP contribution in [-0.4, -0.2) is 12.2 Å². The van der Waals surface area contributed by atoms with Gasteiger partial charge in [-0.1, -0.05) is 54.6 Å². The van der Waals surface area contributed by atoms with Crippen LogP contribution in [0.1, 0.15) is 25.2 Å². The molecule has 0 bridgehead atoms. The summed E-state index contributed by atoms with van der Waals surface area (Å²) in [5.41, 5.74) is 0.616. The second-order valence-electron chi connectivity index (χ2n) is 7.84. The van der Waals surface area contributed by atoms with Crippen LogP contribution in [0.5, 0.6) is 11.5 Å². The molecule has 0 fully saturated rings. The predicted octanol–water partition coefficient (Wildman–Crippen LogP) is 5.28. The minimum Gasteiger partial charge on any atom is -0.493 e. The quantitative estimate of drug-likeness (QED) is 0.463. The molecule has 0 saturated carbocycles. The van der Waals surface area contributed by atoms with Gasteiger partial charge in [-0.25, -0.2) is 4.79 Å². The minimum atomic E-state index is -1.35. The van der Waals surface area contributed by atoms with Crippen molar-refractivity contribution >= 4 is 10.8 Å². The highest BCUT2D eigenvalue weighted by Crippen LogP contribution is 2.40. The Kier molecular flexibility index (Phi) is 5.53. The summed E-state index contributed by atoms with van der Waals surface area (Å²) >= 11 is 0. The molecule has 31 heavy (non-hydrogen) atoms. The molecule has 0 unspecified atom stereocenters. The zero-order chi connectivity index (χ0) is 22.0. The van der Waals surface area contributed by atoms with E-state index >= 15 is 0 Å². The Labute approximate surface area is 180 Å². The second-order valence-corrected chi connectivity index (χ2v) is 7.84. The maximum absolute atomic E-state index is 12.5. The van der Waals surface area contributed by atoms with Crippen molar-refractivity contribution in [3.8, 4) is 22.6 Å². The molecule has 0 aliphatic heterocycles. The van der Waals surface area contributed by atoms with Crippen molar-refractivity contribution in [3.05, 3.63) is 94.5 Å². The molecule has 5 heteroatoms. The third kappa shape index (κ3) is 4.18. The first kappa shape index (κ1) is 20.7. The minimum absolute atomic E-state index is 0.205. The van der Waals surface area contributed by atoms with Crippen molar-refractivity contribution in [2.75, 3.05) is 7.11 Å². The van der Waals surface area contributed by atoms with Crippen LogP contribution in [0.3, 0.4) is 0 Å². The van der Waals surface area contributed by atoms with Gasteiger partial charge in [-0.2, -0.15) is 0 Å². The molecule has 0 radical (unpaired) electrons. The van der Waals surface area contributed by atoms with E-state index in [4.69, 9.17) is 13.9 Å². The standard InChI is InChI=1S/C26H24O5/c1-26(2,28)24-23(19-11-7-8-12-20(19)25(27)31-24)18-13-14-21(22(15-18)29-3)30-16-17-9-5-4-6-10-17/h4-15,28H,16H2,1-3H3. The van der Waals surface area contributed by atoms with Crippen molar-refractivity contribution in [1.29, 1.82) is 0 Å². The average Bonchev–Trinajstić information content (AvgIpc) is 2.78. The number of aliphatic hydroxyl groups is 1. The lowest BCUT2D eigenvalue weighted by Crippen LogP contribution is -2.20. The summed E-state index contributed by atoms with van der Waals surface area (Å²) in [5, 5.41) is 11.9. The van der Waals surface area contributed by atoms with Gasteiger partial charge in [0.25, 0.3) is 0 Å². The van der Waals surface area contributed by atoms with E-state index < -0.39 is 11.2 Å². The number of fused-ring (bicyclic) bond motifs is 1. The highest BCUT2D eigenvalue weighted by atomic mass is 16.5. The van der Waals surface area contributed by atoms with E-state index in [1.807, 2.05) is 60.7 Å². The van der Waals surface area contributed by atoms with Crippen molar-refractivity contribution in [1.82, 2.24) is 0 Å². The number of benzene rings is 3. The molecule has 0 saturated heterocycles. The van der Waals surface area contributed by atoms with Gasteiger partial charge < -0.3 is 19.0 Å². The van der Waals surface area contributed by atoms with Gasteiger partial charge in [0.1, 0.15) is 18.0 Å². The van der Waals surface area contributed by atoms with Crippen molar-refractivity contribution < 1.29 is 19.0 Å². The second kappa shape index (κ2) is 8.28. The maximum Gasteiger partial charge on any atom is 0.343 e. The van der Waals surface area contributed by atoms with Gasteiger partial charge in [0.15, 0.2) is 11.5 Å². The molecule has 0 spiro atoms.